The minimum atomic E-state index is -2.34. The summed E-state index contributed by atoms with van der Waals surface area (Å²) >= 11 is 0. The molecule has 0 amide bonds. The lowest BCUT2D eigenvalue weighted by molar-refractivity contribution is 0.0423. The summed E-state index contributed by atoms with van der Waals surface area (Å²) in [4.78, 5) is 2.21. The maximum atomic E-state index is 13.0. The first-order valence-electron chi connectivity index (χ1n) is 6.66. The number of hydrogen-bond donors (Lipinski definition) is 0. The Morgan fingerprint density at radius 1 is 1.18 bits per heavy atom. The topological polar surface area (TPSA) is 12.5 Å². The van der Waals surface area contributed by atoms with Gasteiger partial charge in [-0.3, -0.25) is 0 Å². The molecule has 2 nitrogen and oxygen atoms in total. The largest absolute Gasteiger partial charge is 0.384 e. The highest BCUT2D eigenvalue weighted by Gasteiger charge is 2.71. The van der Waals surface area contributed by atoms with Crippen molar-refractivity contribution in [1.29, 1.82) is 0 Å². The van der Waals surface area contributed by atoms with Crippen molar-refractivity contribution in [2.24, 2.45) is 17.3 Å². The van der Waals surface area contributed by atoms with E-state index in [9.17, 15) is 8.78 Å². The number of fused-ring (bicyclic) bond motifs is 1. The van der Waals surface area contributed by atoms with Crippen LogP contribution in [0.3, 0.4) is 0 Å². The first kappa shape index (κ1) is 13.2. The van der Waals surface area contributed by atoms with Gasteiger partial charge in [0.15, 0.2) is 0 Å². The van der Waals surface area contributed by atoms with Crippen molar-refractivity contribution in [3.63, 3.8) is 0 Å². The van der Waals surface area contributed by atoms with Crippen LogP contribution in [0.15, 0.2) is 0 Å². The number of hydrogen-bond acceptors (Lipinski definition) is 2. The number of halogens is 2. The Morgan fingerprint density at radius 3 is 2.12 bits per heavy atom. The van der Waals surface area contributed by atoms with Gasteiger partial charge in [-0.1, -0.05) is 13.8 Å². The van der Waals surface area contributed by atoms with Gasteiger partial charge in [0.2, 0.25) is 0 Å². The molecular formula is C13H23F2NO. The Morgan fingerprint density at radius 2 is 1.71 bits per heavy atom. The van der Waals surface area contributed by atoms with Gasteiger partial charge in [-0.25, -0.2) is 8.78 Å². The van der Waals surface area contributed by atoms with E-state index in [2.05, 4.69) is 4.90 Å². The molecule has 1 aliphatic heterocycles. The highest BCUT2D eigenvalue weighted by molar-refractivity contribution is 5.13. The zero-order valence-corrected chi connectivity index (χ0v) is 11.0. The fraction of sp³-hybridized carbons (Fsp3) is 1.00. The Balaban J connectivity index is 0.000000514. The number of alkyl halides is 2. The molecule has 0 radical (unpaired) electrons. The third-order valence-corrected chi connectivity index (χ3v) is 4.24. The normalized spacial score (nSPS) is 35.8. The zero-order chi connectivity index (χ0) is 12.7. The van der Waals surface area contributed by atoms with Crippen LogP contribution in [0.4, 0.5) is 8.78 Å². The third-order valence-electron chi connectivity index (χ3n) is 4.24. The van der Waals surface area contributed by atoms with Crippen molar-refractivity contribution in [3.05, 3.63) is 0 Å². The number of likely N-dealkylation sites (tertiary alicyclic amines) is 1. The second-order valence-electron chi connectivity index (χ2n) is 5.51. The summed E-state index contributed by atoms with van der Waals surface area (Å²) < 4.78 is 31.1. The van der Waals surface area contributed by atoms with Gasteiger partial charge in [0.25, 0.3) is 5.92 Å². The maximum absolute atomic E-state index is 13.0. The summed E-state index contributed by atoms with van der Waals surface area (Å²) in [5.41, 5.74) is 0.306. The predicted octanol–water partition coefficient (Wildman–Crippen LogP) is 2.64. The SMILES string of the molecule is CC.COCC1(CN2CC3C(C2)C3(F)F)CC1. The summed E-state index contributed by atoms with van der Waals surface area (Å²) in [6.45, 7) is 6.95. The van der Waals surface area contributed by atoms with Crippen molar-refractivity contribution in [3.8, 4) is 0 Å². The fourth-order valence-corrected chi connectivity index (χ4v) is 3.02. The number of ether oxygens (including phenoxy) is 1. The van der Waals surface area contributed by atoms with Crippen molar-refractivity contribution >= 4 is 0 Å². The average molecular weight is 247 g/mol. The van der Waals surface area contributed by atoms with E-state index < -0.39 is 5.92 Å². The molecule has 4 heteroatoms. The lowest BCUT2D eigenvalue weighted by Crippen LogP contribution is -2.34. The van der Waals surface area contributed by atoms with Gasteiger partial charge in [-0.05, 0) is 12.8 Å². The van der Waals surface area contributed by atoms with Crippen molar-refractivity contribution in [2.45, 2.75) is 32.6 Å². The zero-order valence-electron chi connectivity index (χ0n) is 11.0. The average Bonchev–Trinajstić information content (AvgIpc) is 3.07. The second-order valence-corrected chi connectivity index (χ2v) is 5.51. The van der Waals surface area contributed by atoms with Crippen LogP contribution in [0.2, 0.25) is 0 Å². The quantitative estimate of drug-likeness (QED) is 0.757. The van der Waals surface area contributed by atoms with E-state index >= 15 is 0 Å². The first-order chi connectivity index (χ1) is 8.07. The molecule has 2 atom stereocenters. The van der Waals surface area contributed by atoms with Crippen molar-refractivity contribution < 1.29 is 13.5 Å². The molecule has 3 aliphatic rings. The van der Waals surface area contributed by atoms with Crippen LogP contribution >= 0.6 is 0 Å². The Kier molecular flexibility index (Phi) is 3.47. The minimum Gasteiger partial charge on any atom is -0.384 e. The molecule has 3 rings (SSSR count). The van der Waals surface area contributed by atoms with E-state index in [0.717, 1.165) is 13.2 Å². The number of nitrogens with zero attached hydrogens (tertiary/aromatic N) is 1. The van der Waals surface area contributed by atoms with Crippen LogP contribution in [0.1, 0.15) is 26.7 Å². The number of rotatable bonds is 4. The predicted molar refractivity (Wildman–Crippen MR) is 63.3 cm³/mol. The fourth-order valence-electron chi connectivity index (χ4n) is 3.02. The number of methoxy groups -OCH3 is 1. The highest BCUT2D eigenvalue weighted by atomic mass is 19.3. The van der Waals surface area contributed by atoms with Gasteiger partial charge >= 0.3 is 0 Å². The van der Waals surface area contributed by atoms with E-state index in [-0.39, 0.29) is 11.8 Å². The minimum absolute atomic E-state index is 0.306. The molecule has 3 fully saturated rings. The summed E-state index contributed by atoms with van der Waals surface area (Å²) in [5, 5.41) is 0. The van der Waals surface area contributed by atoms with Crippen LogP contribution in [-0.4, -0.2) is 44.2 Å². The highest BCUT2D eigenvalue weighted by Crippen LogP contribution is 2.60. The Bertz CT molecular complexity index is 265. The second kappa shape index (κ2) is 4.47. The molecule has 0 aromatic rings. The monoisotopic (exact) mass is 247 g/mol. The maximum Gasteiger partial charge on any atom is 0.257 e. The molecule has 0 aromatic heterocycles. The smallest absolute Gasteiger partial charge is 0.257 e. The molecule has 0 spiro atoms. The molecule has 2 unspecified atom stereocenters. The van der Waals surface area contributed by atoms with E-state index in [1.54, 1.807) is 7.11 Å². The van der Waals surface area contributed by atoms with Crippen LogP contribution in [-0.2, 0) is 4.74 Å². The summed E-state index contributed by atoms with van der Waals surface area (Å²) in [6, 6.07) is 0. The third kappa shape index (κ3) is 2.34. The Labute approximate surface area is 102 Å². The van der Waals surface area contributed by atoms with E-state index in [1.807, 2.05) is 13.8 Å². The van der Waals surface area contributed by atoms with Crippen LogP contribution in [0, 0.1) is 17.3 Å². The number of piperidine rings is 1. The summed E-state index contributed by atoms with van der Waals surface area (Å²) in [6.07, 6.45) is 2.39. The molecule has 1 heterocycles. The van der Waals surface area contributed by atoms with Gasteiger partial charge in [0.05, 0.1) is 6.61 Å². The molecule has 0 N–H and O–H groups in total. The van der Waals surface area contributed by atoms with Gasteiger partial charge < -0.3 is 9.64 Å². The Hall–Kier alpha value is -0.220. The van der Waals surface area contributed by atoms with E-state index in [0.29, 0.717) is 18.5 Å². The molecule has 0 aromatic carbocycles. The molecule has 2 aliphatic carbocycles. The van der Waals surface area contributed by atoms with Crippen molar-refractivity contribution in [2.75, 3.05) is 33.4 Å². The van der Waals surface area contributed by atoms with E-state index in [1.165, 1.54) is 12.8 Å². The van der Waals surface area contributed by atoms with Gasteiger partial charge in [-0.15, -0.1) is 0 Å². The standard InChI is InChI=1S/C11H17F2NO.C2H6/c1-15-7-10(2-3-10)6-14-4-8-9(5-14)11(8,12)13;1-2/h8-9H,2-7H2,1H3;1-2H3. The van der Waals surface area contributed by atoms with Gasteiger partial charge in [-0.2, -0.15) is 0 Å². The molecule has 100 valence electrons. The molecule has 2 saturated carbocycles. The van der Waals surface area contributed by atoms with Crippen LogP contribution in [0.5, 0.6) is 0 Å². The lowest BCUT2D eigenvalue weighted by Gasteiger charge is -2.24. The van der Waals surface area contributed by atoms with Crippen molar-refractivity contribution in [1.82, 2.24) is 4.90 Å². The molecule has 17 heavy (non-hydrogen) atoms. The molecule has 1 saturated heterocycles. The molecular weight excluding hydrogens is 224 g/mol. The van der Waals surface area contributed by atoms with E-state index in [4.69, 9.17) is 4.74 Å². The summed E-state index contributed by atoms with van der Waals surface area (Å²) in [7, 11) is 1.72. The van der Waals surface area contributed by atoms with Gasteiger partial charge in [0.1, 0.15) is 0 Å². The summed E-state index contributed by atoms with van der Waals surface area (Å²) in [5.74, 6) is -3.01. The molecule has 0 bridgehead atoms. The lowest BCUT2D eigenvalue weighted by atomic mass is 10.1. The van der Waals surface area contributed by atoms with Crippen LogP contribution in [0.25, 0.3) is 0 Å². The van der Waals surface area contributed by atoms with Gasteiger partial charge in [0, 0.05) is 44.0 Å². The van der Waals surface area contributed by atoms with Crippen LogP contribution < -0.4 is 0 Å². The first-order valence-corrected chi connectivity index (χ1v) is 6.66.